The summed E-state index contributed by atoms with van der Waals surface area (Å²) in [6.07, 6.45) is 2.84. The van der Waals surface area contributed by atoms with E-state index in [1.807, 2.05) is 6.07 Å². The lowest BCUT2D eigenvalue weighted by atomic mass is 10.2. The van der Waals surface area contributed by atoms with Crippen LogP contribution in [0.1, 0.15) is 12.5 Å². The minimum absolute atomic E-state index is 0.0149. The van der Waals surface area contributed by atoms with Gasteiger partial charge in [-0.15, -0.1) is 0 Å². The van der Waals surface area contributed by atoms with Crippen molar-refractivity contribution in [2.24, 2.45) is 0 Å². The number of rotatable bonds is 4. The van der Waals surface area contributed by atoms with Crippen molar-refractivity contribution in [1.82, 2.24) is 24.8 Å². The Morgan fingerprint density at radius 3 is 2.48 bits per heavy atom. The van der Waals surface area contributed by atoms with Gasteiger partial charge in [-0.2, -0.15) is 0 Å². The van der Waals surface area contributed by atoms with Crippen LogP contribution in [-0.4, -0.2) is 57.5 Å². The number of nitrogens with zero attached hydrogens (tertiary/aromatic N) is 5. The fourth-order valence-corrected chi connectivity index (χ4v) is 2.84. The monoisotopic (exact) mass is 335 g/mol. The van der Waals surface area contributed by atoms with E-state index in [0.29, 0.717) is 5.69 Å². The van der Waals surface area contributed by atoms with E-state index in [9.17, 15) is 4.39 Å². The van der Waals surface area contributed by atoms with Gasteiger partial charge in [0.2, 0.25) is 5.28 Å². The molecule has 0 saturated carbocycles. The summed E-state index contributed by atoms with van der Waals surface area (Å²) in [6.45, 7) is 8.49. The average Bonchev–Trinajstić information content (AvgIpc) is 2.58. The van der Waals surface area contributed by atoms with Crippen molar-refractivity contribution in [3.05, 3.63) is 41.2 Å². The summed E-state index contributed by atoms with van der Waals surface area (Å²) < 4.78 is 13.8. The van der Waals surface area contributed by atoms with Crippen LogP contribution in [0.25, 0.3) is 11.4 Å². The molecule has 0 unspecified atom stereocenters. The fraction of sp³-hybridized carbons (Fsp3) is 0.438. The molecule has 0 amide bonds. The van der Waals surface area contributed by atoms with E-state index in [1.54, 1.807) is 12.3 Å². The molecule has 1 saturated heterocycles. The van der Waals surface area contributed by atoms with Crippen LogP contribution < -0.4 is 0 Å². The molecular weight excluding hydrogens is 317 g/mol. The fourth-order valence-electron chi connectivity index (χ4n) is 2.71. The third-order valence-corrected chi connectivity index (χ3v) is 4.28. The second kappa shape index (κ2) is 7.29. The second-order valence-corrected chi connectivity index (χ2v) is 5.94. The van der Waals surface area contributed by atoms with Gasteiger partial charge in [-0.05, 0) is 29.8 Å². The Bertz CT molecular complexity index is 656. The van der Waals surface area contributed by atoms with Crippen LogP contribution in [-0.2, 0) is 6.54 Å². The first kappa shape index (κ1) is 16.2. The van der Waals surface area contributed by atoms with E-state index in [1.165, 1.54) is 0 Å². The molecule has 1 fully saturated rings. The highest BCUT2D eigenvalue weighted by molar-refractivity contribution is 6.28. The second-order valence-electron chi connectivity index (χ2n) is 5.60. The Labute approximate surface area is 140 Å². The van der Waals surface area contributed by atoms with Gasteiger partial charge in [0.05, 0.1) is 11.9 Å². The molecule has 0 radical (unpaired) electrons. The highest BCUT2D eigenvalue weighted by Crippen LogP contribution is 2.20. The Balaban J connectivity index is 1.67. The smallest absolute Gasteiger partial charge is 0.223 e. The van der Waals surface area contributed by atoms with E-state index < -0.39 is 5.82 Å². The largest absolute Gasteiger partial charge is 0.301 e. The lowest BCUT2D eigenvalue weighted by Gasteiger charge is -2.33. The van der Waals surface area contributed by atoms with E-state index in [-0.39, 0.29) is 11.0 Å². The molecule has 0 aromatic carbocycles. The van der Waals surface area contributed by atoms with Crippen LogP contribution in [0, 0.1) is 5.82 Å². The summed E-state index contributed by atoms with van der Waals surface area (Å²) in [5, 5.41) is 0.0149. The molecule has 3 heterocycles. The number of hydrogen-bond donors (Lipinski definition) is 0. The summed E-state index contributed by atoms with van der Waals surface area (Å²) in [5.74, 6) is -0.523. The van der Waals surface area contributed by atoms with Gasteiger partial charge < -0.3 is 4.90 Å². The summed E-state index contributed by atoms with van der Waals surface area (Å²) in [7, 11) is 0. The Morgan fingerprint density at radius 2 is 1.83 bits per heavy atom. The van der Waals surface area contributed by atoms with Crippen LogP contribution in [0.4, 0.5) is 4.39 Å². The highest BCUT2D eigenvalue weighted by Gasteiger charge is 2.16. The molecule has 0 spiro atoms. The number of hydrogen-bond acceptors (Lipinski definition) is 5. The first-order valence-electron chi connectivity index (χ1n) is 7.73. The van der Waals surface area contributed by atoms with Crippen molar-refractivity contribution in [2.45, 2.75) is 13.5 Å². The molecule has 122 valence electrons. The Kier molecular flexibility index (Phi) is 5.15. The minimum atomic E-state index is -0.523. The molecule has 3 rings (SSSR count). The van der Waals surface area contributed by atoms with Crippen molar-refractivity contribution in [1.29, 1.82) is 0 Å². The predicted molar refractivity (Wildman–Crippen MR) is 87.6 cm³/mol. The summed E-state index contributed by atoms with van der Waals surface area (Å²) in [5.41, 5.74) is 1.71. The summed E-state index contributed by atoms with van der Waals surface area (Å²) in [6, 6.07) is 3.74. The average molecular weight is 336 g/mol. The molecule has 0 N–H and O–H groups in total. The van der Waals surface area contributed by atoms with E-state index in [0.717, 1.165) is 51.0 Å². The van der Waals surface area contributed by atoms with Gasteiger partial charge >= 0.3 is 0 Å². The maximum absolute atomic E-state index is 13.8. The van der Waals surface area contributed by atoms with E-state index in [2.05, 4.69) is 31.7 Å². The van der Waals surface area contributed by atoms with Gasteiger partial charge in [0.1, 0.15) is 5.69 Å². The molecule has 7 heteroatoms. The molecule has 5 nitrogen and oxygen atoms in total. The van der Waals surface area contributed by atoms with Gasteiger partial charge in [0, 0.05) is 38.9 Å². The third-order valence-electron chi connectivity index (χ3n) is 4.10. The Hall–Kier alpha value is -1.63. The van der Waals surface area contributed by atoms with Crippen molar-refractivity contribution < 1.29 is 4.39 Å². The van der Waals surface area contributed by atoms with Crippen LogP contribution in [0.15, 0.2) is 24.5 Å². The zero-order chi connectivity index (χ0) is 16.2. The SMILES string of the molecule is CCN1CCN(Cc2ccc(-c3nc(Cl)ncc3F)nc2)CC1. The summed E-state index contributed by atoms with van der Waals surface area (Å²) in [4.78, 5) is 16.7. The number of piperazine rings is 1. The number of likely N-dealkylation sites (N-methyl/N-ethyl adjacent to an activating group) is 1. The number of aromatic nitrogens is 3. The van der Waals surface area contributed by atoms with Gasteiger partial charge in [0.15, 0.2) is 5.82 Å². The first-order valence-corrected chi connectivity index (χ1v) is 8.11. The molecule has 0 bridgehead atoms. The molecule has 0 atom stereocenters. The standard InChI is InChI=1S/C16H19ClFN5/c1-2-22-5-7-23(8-6-22)11-12-3-4-14(19-9-12)15-13(18)10-20-16(17)21-15/h3-4,9-10H,2,5-8,11H2,1H3. The molecule has 0 aliphatic carbocycles. The third kappa shape index (κ3) is 4.02. The normalized spacial score (nSPS) is 16.7. The van der Waals surface area contributed by atoms with Crippen LogP contribution >= 0.6 is 11.6 Å². The van der Waals surface area contributed by atoms with Crippen molar-refractivity contribution in [3.63, 3.8) is 0 Å². The molecule has 1 aliphatic rings. The highest BCUT2D eigenvalue weighted by atomic mass is 35.5. The van der Waals surface area contributed by atoms with Gasteiger partial charge in [0.25, 0.3) is 0 Å². The Morgan fingerprint density at radius 1 is 1.09 bits per heavy atom. The van der Waals surface area contributed by atoms with Gasteiger partial charge in [-0.1, -0.05) is 13.0 Å². The zero-order valence-electron chi connectivity index (χ0n) is 13.0. The van der Waals surface area contributed by atoms with Crippen molar-refractivity contribution in [3.8, 4) is 11.4 Å². The van der Waals surface area contributed by atoms with Crippen LogP contribution in [0.2, 0.25) is 5.28 Å². The predicted octanol–water partition coefficient (Wildman–Crippen LogP) is 2.47. The van der Waals surface area contributed by atoms with Gasteiger partial charge in [-0.25, -0.2) is 14.4 Å². The van der Waals surface area contributed by atoms with Crippen LogP contribution in [0.3, 0.4) is 0 Å². The lowest BCUT2D eigenvalue weighted by Crippen LogP contribution is -2.45. The minimum Gasteiger partial charge on any atom is -0.301 e. The van der Waals surface area contributed by atoms with E-state index >= 15 is 0 Å². The van der Waals surface area contributed by atoms with Crippen molar-refractivity contribution >= 4 is 11.6 Å². The van der Waals surface area contributed by atoms with Crippen LogP contribution in [0.5, 0.6) is 0 Å². The maximum Gasteiger partial charge on any atom is 0.223 e. The quantitative estimate of drug-likeness (QED) is 0.803. The van der Waals surface area contributed by atoms with E-state index in [4.69, 9.17) is 11.6 Å². The molecule has 1 aliphatic heterocycles. The molecular formula is C16H19ClFN5. The molecule has 23 heavy (non-hydrogen) atoms. The number of pyridine rings is 1. The lowest BCUT2D eigenvalue weighted by molar-refractivity contribution is 0.132. The van der Waals surface area contributed by atoms with Gasteiger partial charge in [-0.3, -0.25) is 9.88 Å². The first-order chi connectivity index (χ1) is 11.2. The number of halogens is 2. The summed E-state index contributed by atoms with van der Waals surface area (Å²) >= 11 is 5.72. The molecule has 2 aromatic heterocycles. The van der Waals surface area contributed by atoms with Crippen molar-refractivity contribution in [2.75, 3.05) is 32.7 Å². The topological polar surface area (TPSA) is 45.2 Å². The maximum atomic E-state index is 13.8. The molecule has 2 aromatic rings. The zero-order valence-corrected chi connectivity index (χ0v) is 13.8.